The third-order valence-corrected chi connectivity index (χ3v) is 5.65. The van der Waals surface area contributed by atoms with Gasteiger partial charge in [-0.2, -0.15) is 0 Å². The summed E-state index contributed by atoms with van der Waals surface area (Å²) in [6.45, 7) is 4.06. The van der Waals surface area contributed by atoms with E-state index in [2.05, 4.69) is 24.0 Å². The summed E-state index contributed by atoms with van der Waals surface area (Å²) < 4.78 is 10.6. The van der Waals surface area contributed by atoms with Gasteiger partial charge in [-0.15, -0.1) is 0 Å². The number of methoxy groups -OCH3 is 2. The summed E-state index contributed by atoms with van der Waals surface area (Å²) in [6, 6.07) is 14.0. The molecular weight excluding hydrogens is 350 g/mol. The molecule has 0 N–H and O–H groups in total. The summed E-state index contributed by atoms with van der Waals surface area (Å²) in [7, 11) is 3.35. The largest absolute Gasteiger partial charge is 0.497 e. The standard InChI is InChI=1S/C24H31NO3/c1-4-5-15-25(16-14-18-6-9-20(27-2)10-7-18)23-13-8-19-17-21(28-3)11-12-22(19)24(23)26/h6-7,9-12,17,23H,4-5,8,13-16H2,1-3H3. The van der Waals surface area contributed by atoms with E-state index in [-0.39, 0.29) is 11.8 Å². The van der Waals surface area contributed by atoms with E-state index in [1.807, 2.05) is 30.3 Å². The third kappa shape index (κ3) is 4.74. The SMILES string of the molecule is CCCCN(CCc1ccc(OC)cc1)C1CCc2cc(OC)ccc2C1=O. The first-order valence-corrected chi connectivity index (χ1v) is 10.2. The molecule has 1 atom stereocenters. The van der Waals surface area contributed by atoms with E-state index in [9.17, 15) is 4.79 Å². The predicted octanol–water partition coefficient (Wildman–Crippen LogP) is 4.55. The van der Waals surface area contributed by atoms with Gasteiger partial charge in [-0.25, -0.2) is 0 Å². The molecular formula is C24H31NO3. The lowest BCUT2D eigenvalue weighted by atomic mass is 9.86. The molecule has 0 saturated carbocycles. The fourth-order valence-corrected chi connectivity index (χ4v) is 3.95. The van der Waals surface area contributed by atoms with Gasteiger partial charge in [-0.3, -0.25) is 9.69 Å². The van der Waals surface area contributed by atoms with Crippen molar-refractivity contribution in [2.24, 2.45) is 0 Å². The van der Waals surface area contributed by atoms with Gasteiger partial charge in [0.15, 0.2) is 5.78 Å². The molecule has 1 aliphatic carbocycles. The van der Waals surface area contributed by atoms with Crippen LogP contribution in [0.1, 0.15) is 47.7 Å². The maximum Gasteiger partial charge on any atom is 0.180 e. The Morgan fingerprint density at radius 3 is 2.39 bits per heavy atom. The first-order valence-electron chi connectivity index (χ1n) is 10.2. The van der Waals surface area contributed by atoms with Crippen molar-refractivity contribution in [3.8, 4) is 11.5 Å². The molecule has 0 fully saturated rings. The van der Waals surface area contributed by atoms with Crippen LogP contribution < -0.4 is 9.47 Å². The number of hydrogen-bond acceptors (Lipinski definition) is 4. The quantitative estimate of drug-likeness (QED) is 0.639. The molecule has 1 unspecified atom stereocenters. The summed E-state index contributed by atoms with van der Waals surface area (Å²) in [5, 5.41) is 0. The molecule has 0 bridgehead atoms. The second kappa shape index (κ2) is 9.74. The Hall–Kier alpha value is -2.33. The number of aryl methyl sites for hydroxylation is 1. The number of hydrogen-bond donors (Lipinski definition) is 0. The normalized spacial score (nSPS) is 16.1. The highest BCUT2D eigenvalue weighted by atomic mass is 16.5. The maximum atomic E-state index is 13.2. The average molecular weight is 382 g/mol. The monoisotopic (exact) mass is 381 g/mol. The number of ether oxygens (including phenoxy) is 2. The van der Waals surface area contributed by atoms with Crippen LogP contribution in [-0.2, 0) is 12.8 Å². The molecule has 2 aromatic rings. The van der Waals surface area contributed by atoms with Crippen LogP contribution in [-0.4, -0.2) is 44.0 Å². The van der Waals surface area contributed by atoms with Crippen molar-refractivity contribution in [1.29, 1.82) is 0 Å². The minimum atomic E-state index is -0.0225. The lowest BCUT2D eigenvalue weighted by Crippen LogP contribution is -2.45. The highest BCUT2D eigenvalue weighted by Gasteiger charge is 2.31. The second-order valence-corrected chi connectivity index (χ2v) is 7.43. The van der Waals surface area contributed by atoms with Gasteiger partial charge < -0.3 is 9.47 Å². The molecule has 0 aromatic heterocycles. The summed E-state index contributed by atoms with van der Waals surface area (Å²) in [5.41, 5.74) is 3.25. The topological polar surface area (TPSA) is 38.8 Å². The van der Waals surface area contributed by atoms with E-state index in [1.54, 1.807) is 14.2 Å². The van der Waals surface area contributed by atoms with E-state index in [0.717, 1.165) is 67.8 Å². The first kappa shape index (κ1) is 20.4. The molecule has 3 rings (SSSR count). The summed E-state index contributed by atoms with van der Waals surface area (Å²) in [4.78, 5) is 15.6. The minimum Gasteiger partial charge on any atom is -0.497 e. The lowest BCUT2D eigenvalue weighted by molar-refractivity contribution is 0.0787. The number of carbonyl (C=O) groups excluding carboxylic acids is 1. The Labute approximate surface area is 168 Å². The van der Waals surface area contributed by atoms with Gasteiger partial charge >= 0.3 is 0 Å². The van der Waals surface area contributed by atoms with Crippen molar-refractivity contribution in [2.45, 2.75) is 45.1 Å². The van der Waals surface area contributed by atoms with Crippen LogP contribution >= 0.6 is 0 Å². The van der Waals surface area contributed by atoms with Crippen LogP contribution in [0.5, 0.6) is 11.5 Å². The number of rotatable bonds is 9. The fraction of sp³-hybridized carbons (Fsp3) is 0.458. The van der Waals surface area contributed by atoms with Gasteiger partial charge in [0.05, 0.1) is 20.3 Å². The van der Waals surface area contributed by atoms with E-state index in [1.165, 1.54) is 5.56 Å². The zero-order valence-electron chi connectivity index (χ0n) is 17.2. The number of unbranched alkanes of at least 4 members (excludes halogenated alkanes) is 1. The van der Waals surface area contributed by atoms with Crippen LogP contribution in [0.4, 0.5) is 0 Å². The molecule has 0 amide bonds. The maximum absolute atomic E-state index is 13.2. The molecule has 28 heavy (non-hydrogen) atoms. The van der Waals surface area contributed by atoms with Crippen molar-refractivity contribution in [3.05, 3.63) is 59.2 Å². The molecule has 0 heterocycles. The Balaban J connectivity index is 1.72. The number of ketones is 1. The number of benzene rings is 2. The molecule has 4 heteroatoms. The summed E-state index contributed by atoms with van der Waals surface area (Å²) >= 11 is 0. The molecule has 2 aromatic carbocycles. The van der Waals surface area contributed by atoms with Crippen LogP contribution in [0, 0.1) is 0 Å². The van der Waals surface area contributed by atoms with Gasteiger partial charge in [0.25, 0.3) is 0 Å². The van der Waals surface area contributed by atoms with E-state index in [4.69, 9.17) is 9.47 Å². The number of carbonyl (C=O) groups is 1. The molecule has 1 aliphatic rings. The lowest BCUT2D eigenvalue weighted by Gasteiger charge is -2.34. The highest BCUT2D eigenvalue weighted by Crippen LogP contribution is 2.28. The Morgan fingerprint density at radius 1 is 1.00 bits per heavy atom. The number of Topliss-reactive ketones (excluding diaryl/α,β-unsaturated/α-hetero) is 1. The Morgan fingerprint density at radius 2 is 1.71 bits per heavy atom. The van der Waals surface area contributed by atoms with Crippen molar-refractivity contribution < 1.29 is 14.3 Å². The Bertz CT molecular complexity index is 785. The number of fused-ring (bicyclic) bond motifs is 1. The smallest absolute Gasteiger partial charge is 0.180 e. The van der Waals surface area contributed by atoms with E-state index >= 15 is 0 Å². The van der Waals surface area contributed by atoms with E-state index < -0.39 is 0 Å². The molecule has 150 valence electrons. The van der Waals surface area contributed by atoms with Crippen LogP contribution in [0.3, 0.4) is 0 Å². The van der Waals surface area contributed by atoms with Gasteiger partial charge in [0, 0.05) is 12.1 Å². The first-order chi connectivity index (χ1) is 13.7. The van der Waals surface area contributed by atoms with Crippen LogP contribution in [0.25, 0.3) is 0 Å². The molecule has 0 aliphatic heterocycles. The Kier molecular flexibility index (Phi) is 7.10. The van der Waals surface area contributed by atoms with E-state index in [0.29, 0.717) is 0 Å². The second-order valence-electron chi connectivity index (χ2n) is 7.43. The van der Waals surface area contributed by atoms with Gasteiger partial charge in [0.1, 0.15) is 11.5 Å². The number of nitrogens with zero attached hydrogens (tertiary/aromatic N) is 1. The zero-order valence-corrected chi connectivity index (χ0v) is 17.2. The van der Waals surface area contributed by atoms with Crippen LogP contribution in [0.15, 0.2) is 42.5 Å². The summed E-state index contributed by atoms with van der Waals surface area (Å²) in [6.07, 6.45) is 4.99. The van der Waals surface area contributed by atoms with Crippen molar-refractivity contribution in [3.63, 3.8) is 0 Å². The van der Waals surface area contributed by atoms with Crippen molar-refractivity contribution in [2.75, 3.05) is 27.3 Å². The average Bonchev–Trinajstić information content (AvgIpc) is 2.74. The van der Waals surface area contributed by atoms with Gasteiger partial charge in [-0.1, -0.05) is 25.5 Å². The molecule has 0 saturated heterocycles. The molecule has 4 nitrogen and oxygen atoms in total. The summed E-state index contributed by atoms with van der Waals surface area (Å²) in [5.74, 6) is 1.96. The van der Waals surface area contributed by atoms with Crippen molar-refractivity contribution >= 4 is 5.78 Å². The molecule has 0 radical (unpaired) electrons. The van der Waals surface area contributed by atoms with Gasteiger partial charge in [0.2, 0.25) is 0 Å². The zero-order chi connectivity index (χ0) is 19.9. The highest BCUT2D eigenvalue weighted by molar-refractivity contribution is 6.02. The third-order valence-electron chi connectivity index (χ3n) is 5.65. The minimum absolute atomic E-state index is 0.0225. The van der Waals surface area contributed by atoms with Crippen molar-refractivity contribution in [1.82, 2.24) is 4.90 Å². The predicted molar refractivity (Wildman–Crippen MR) is 113 cm³/mol. The fourth-order valence-electron chi connectivity index (χ4n) is 3.95. The molecule has 0 spiro atoms. The van der Waals surface area contributed by atoms with Crippen LogP contribution in [0.2, 0.25) is 0 Å². The van der Waals surface area contributed by atoms with Gasteiger partial charge in [-0.05, 0) is 73.7 Å².